The highest BCUT2D eigenvalue weighted by Crippen LogP contribution is 2.26. The van der Waals surface area contributed by atoms with E-state index in [0.29, 0.717) is 11.3 Å². The van der Waals surface area contributed by atoms with Crippen LogP contribution in [0, 0.1) is 5.92 Å². The number of ether oxygens (including phenoxy) is 1. The third-order valence-electron chi connectivity index (χ3n) is 4.83. The van der Waals surface area contributed by atoms with Crippen LogP contribution in [0.15, 0.2) is 30.5 Å². The quantitative estimate of drug-likeness (QED) is 0.785. The molecule has 23 heavy (non-hydrogen) atoms. The Kier molecular flexibility index (Phi) is 4.79. The van der Waals surface area contributed by atoms with Gasteiger partial charge in [-0.1, -0.05) is 24.6 Å². The van der Waals surface area contributed by atoms with Crippen molar-refractivity contribution in [3.8, 4) is 0 Å². The van der Waals surface area contributed by atoms with E-state index in [1.165, 1.54) is 13.5 Å². The number of hydrogen-bond donors (Lipinski definition) is 0. The maximum Gasteiger partial charge on any atom is 0.340 e. The van der Waals surface area contributed by atoms with Crippen molar-refractivity contribution in [2.24, 2.45) is 5.92 Å². The van der Waals surface area contributed by atoms with Crippen molar-refractivity contribution in [1.82, 2.24) is 4.57 Å². The van der Waals surface area contributed by atoms with Crippen molar-refractivity contribution in [3.63, 3.8) is 0 Å². The van der Waals surface area contributed by atoms with Crippen LogP contribution in [0.5, 0.6) is 0 Å². The molecular weight excluding hydrogens is 290 g/mol. The van der Waals surface area contributed by atoms with Gasteiger partial charge in [0.15, 0.2) is 0 Å². The van der Waals surface area contributed by atoms with Gasteiger partial charge in [0, 0.05) is 36.0 Å². The summed E-state index contributed by atoms with van der Waals surface area (Å²) in [5.74, 6) is 0.372. The zero-order valence-electron chi connectivity index (χ0n) is 13.6. The molecule has 0 saturated heterocycles. The van der Waals surface area contributed by atoms with Crippen LogP contribution in [0.3, 0.4) is 0 Å². The summed E-state index contributed by atoms with van der Waals surface area (Å²) in [7, 11) is 1.41. The van der Waals surface area contributed by atoms with Gasteiger partial charge < -0.3 is 9.30 Å². The number of fused-ring (bicyclic) bond motifs is 1. The molecule has 1 aliphatic carbocycles. The zero-order chi connectivity index (χ0) is 16.2. The topological polar surface area (TPSA) is 48.3 Å². The Morgan fingerprint density at radius 3 is 2.91 bits per heavy atom. The third kappa shape index (κ3) is 3.31. The van der Waals surface area contributed by atoms with Crippen LogP contribution < -0.4 is 0 Å². The van der Waals surface area contributed by atoms with E-state index in [-0.39, 0.29) is 11.9 Å². The second-order valence-corrected chi connectivity index (χ2v) is 6.30. The SMILES string of the molecule is COC(=O)c1cn(CCCC2CCCCC2=O)c2ccccc12. The predicted octanol–water partition coefficient (Wildman–Crippen LogP) is 3.97. The van der Waals surface area contributed by atoms with Gasteiger partial charge in [-0.15, -0.1) is 0 Å². The van der Waals surface area contributed by atoms with Crippen LogP contribution in [0.1, 0.15) is 48.9 Å². The number of benzene rings is 1. The summed E-state index contributed by atoms with van der Waals surface area (Å²) in [6, 6.07) is 7.88. The predicted molar refractivity (Wildman–Crippen MR) is 89.5 cm³/mol. The Hall–Kier alpha value is -2.10. The molecule has 1 unspecified atom stereocenters. The van der Waals surface area contributed by atoms with Gasteiger partial charge >= 0.3 is 5.97 Å². The number of aryl methyl sites for hydroxylation is 1. The molecule has 1 aromatic carbocycles. The van der Waals surface area contributed by atoms with Crippen LogP contribution in [0.2, 0.25) is 0 Å². The lowest BCUT2D eigenvalue weighted by molar-refractivity contribution is -0.124. The highest BCUT2D eigenvalue weighted by Gasteiger charge is 2.21. The molecule has 1 saturated carbocycles. The van der Waals surface area contributed by atoms with E-state index in [1.807, 2.05) is 30.5 Å². The summed E-state index contributed by atoms with van der Waals surface area (Å²) >= 11 is 0. The number of methoxy groups -OCH3 is 1. The van der Waals surface area contributed by atoms with E-state index >= 15 is 0 Å². The fraction of sp³-hybridized carbons (Fsp3) is 0.474. The van der Waals surface area contributed by atoms with E-state index in [0.717, 1.165) is 49.6 Å². The number of ketones is 1. The summed E-state index contributed by atoms with van der Waals surface area (Å²) < 4.78 is 6.98. The molecule has 0 N–H and O–H groups in total. The average molecular weight is 313 g/mol. The number of Topliss-reactive ketones (excluding diaryl/α,β-unsaturated/α-hetero) is 1. The molecule has 1 heterocycles. The number of para-hydroxylation sites is 1. The second kappa shape index (κ2) is 6.99. The maximum atomic E-state index is 11.9. The summed E-state index contributed by atoms with van der Waals surface area (Å²) in [6.45, 7) is 0.821. The van der Waals surface area contributed by atoms with Crippen molar-refractivity contribution in [2.75, 3.05) is 7.11 Å². The number of hydrogen-bond acceptors (Lipinski definition) is 3. The van der Waals surface area contributed by atoms with Gasteiger partial charge in [0.25, 0.3) is 0 Å². The Morgan fingerprint density at radius 2 is 2.13 bits per heavy atom. The maximum absolute atomic E-state index is 11.9. The van der Waals surface area contributed by atoms with Crippen LogP contribution in [-0.2, 0) is 16.1 Å². The highest BCUT2D eigenvalue weighted by atomic mass is 16.5. The van der Waals surface area contributed by atoms with Crippen molar-refractivity contribution in [2.45, 2.75) is 45.1 Å². The summed E-state index contributed by atoms with van der Waals surface area (Å²) in [6.07, 6.45) is 7.80. The number of aromatic nitrogens is 1. The van der Waals surface area contributed by atoms with E-state index in [4.69, 9.17) is 4.74 Å². The molecule has 1 atom stereocenters. The van der Waals surface area contributed by atoms with Crippen molar-refractivity contribution in [3.05, 3.63) is 36.0 Å². The van der Waals surface area contributed by atoms with Crippen molar-refractivity contribution >= 4 is 22.7 Å². The van der Waals surface area contributed by atoms with Gasteiger partial charge in [-0.2, -0.15) is 0 Å². The third-order valence-corrected chi connectivity index (χ3v) is 4.83. The molecule has 2 aromatic rings. The molecule has 0 aliphatic heterocycles. The Bertz CT molecular complexity index is 716. The largest absolute Gasteiger partial charge is 0.465 e. The molecule has 1 aliphatic rings. The van der Waals surface area contributed by atoms with Crippen LogP contribution >= 0.6 is 0 Å². The number of rotatable bonds is 5. The standard InChI is InChI=1S/C19H23NO3/c1-23-19(22)16-13-20(17-10-4-3-9-15(16)17)12-6-8-14-7-2-5-11-18(14)21/h3-4,9-10,13-14H,2,5-8,11-12H2,1H3. The molecule has 1 aromatic heterocycles. The molecule has 0 bridgehead atoms. The first-order valence-corrected chi connectivity index (χ1v) is 8.39. The fourth-order valence-electron chi connectivity index (χ4n) is 3.57. The monoisotopic (exact) mass is 313 g/mol. The van der Waals surface area contributed by atoms with E-state index in [2.05, 4.69) is 4.57 Å². The molecule has 0 radical (unpaired) electrons. The minimum Gasteiger partial charge on any atom is -0.465 e. The van der Waals surface area contributed by atoms with Gasteiger partial charge in [0.05, 0.1) is 12.7 Å². The van der Waals surface area contributed by atoms with Crippen LogP contribution in [-0.4, -0.2) is 23.4 Å². The lowest BCUT2D eigenvalue weighted by atomic mass is 9.85. The molecule has 122 valence electrons. The van der Waals surface area contributed by atoms with E-state index in [9.17, 15) is 9.59 Å². The van der Waals surface area contributed by atoms with Crippen molar-refractivity contribution in [1.29, 1.82) is 0 Å². The van der Waals surface area contributed by atoms with Crippen molar-refractivity contribution < 1.29 is 14.3 Å². The lowest BCUT2D eigenvalue weighted by Crippen LogP contribution is -2.19. The number of nitrogens with zero attached hydrogens (tertiary/aromatic N) is 1. The van der Waals surface area contributed by atoms with Gasteiger partial charge in [-0.3, -0.25) is 4.79 Å². The minimum atomic E-state index is -0.303. The summed E-state index contributed by atoms with van der Waals surface area (Å²) in [5.41, 5.74) is 1.65. The number of esters is 1. The molecule has 4 nitrogen and oxygen atoms in total. The molecule has 0 amide bonds. The first-order valence-electron chi connectivity index (χ1n) is 8.39. The van der Waals surface area contributed by atoms with E-state index in [1.54, 1.807) is 0 Å². The molecule has 1 fully saturated rings. The zero-order valence-corrected chi connectivity index (χ0v) is 13.6. The first-order chi connectivity index (χ1) is 11.2. The molecule has 3 rings (SSSR count). The van der Waals surface area contributed by atoms with Crippen LogP contribution in [0.4, 0.5) is 0 Å². The molecule has 4 heteroatoms. The molecule has 0 spiro atoms. The smallest absolute Gasteiger partial charge is 0.340 e. The van der Waals surface area contributed by atoms with E-state index < -0.39 is 0 Å². The summed E-state index contributed by atoms with van der Waals surface area (Å²) in [5, 5.41) is 0.924. The Morgan fingerprint density at radius 1 is 1.30 bits per heavy atom. The number of carbonyl (C=O) groups excluding carboxylic acids is 2. The van der Waals surface area contributed by atoms with Gasteiger partial charge in [-0.25, -0.2) is 4.79 Å². The molecular formula is C19H23NO3. The second-order valence-electron chi connectivity index (χ2n) is 6.30. The highest BCUT2D eigenvalue weighted by molar-refractivity contribution is 6.04. The average Bonchev–Trinajstić information content (AvgIpc) is 2.95. The Labute approximate surface area is 136 Å². The number of carbonyl (C=O) groups is 2. The fourth-order valence-corrected chi connectivity index (χ4v) is 3.57. The normalized spacial score (nSPS) is 18.3. The van der Waals surface area contributed by atoms with Gasteiger partial charge in [0.1, 0.15) is 5.78 Å². The van der Waals surface area contributed by atoms with Gasteiger partial charge in [-0.05, 0) is 31.7 Å². The Balaban J connectivity index is 1.72. The minimum absolute atomic E-state index is 0.241. The van der Waals surface area contributed by atoms with Crippen LogP contribution in [0.25, 0.3) is 10.9 Å². The first kappa shape index (κ1) is 15.8. The lowest BCUT2D eigenvalue weighted by Gasteiger charge is -2.20. The summed E-state index contributed by atoms with van der Waals surface area (Å²) in [4.78, 5) is 23.8. The van der Waals surface area contributed by atoms with Gasteiger partial charge in [0.2, 0.25) is 0 Å².